The molecule has 37 heavy (non-hydrogen) atoms. The average Bonchev–Trinajstić information content (AvgIpc) is 3.42. The van der Waals surface area contributed by atoms with E-state index in [0.717, 1.165) is 41.6 Å². The fourth-order valence-corrected chi connectivity index (χ4v) is 7.24. The van der Waals surface area contributed by atoms with Crippen LogP contribution in [0.1, 0.15) is 35.1 Å². The maximum absolute atomic E-state index is 13.3. The number of benzene rings is 4. The Kier molecular flexibility index (Phi) is 7.29. The number of nitrogens with zero attached hydrogens (tertiary/aromatic N) is 1. The van der Waals surface area contributed by atoms with Gasteiger partial charge in [-0.05, 0) is 48.6 Å². The molecule has 1 aliphatic rings. The molecule has 0 aliphatic carbocycles. The first kappa shape index (κ1) is 25.4. The Labute approximate surface area is 220 Å². The SMILES string of the molecule is Cc1ccc(S(=O)(=O)CC(O)C2CCCN2C(c2ccccc2)(c2ccccc2)c2ccccc2)cc1. The summed E-state index contributed by atoms with van der Waals surface area (Å²) in [6.45, 7) is 2.67. The molecule has 0 aromatic heterocycles. The van der Waals surface area contributed by atoms with Crippen molar-refractivity contribution >= 4 is 9.84 Å². The number of rotatable bonds is 8. The average molecular weight is 512 g/mol. The highest BCUT2D eigenvalue weighted by Crippen LogP contribution is 2.46. The van der Waals surface area contributed by atoms with Gasteiger partial charge in [-0.2, -0.15) is 0 Å². The Bertz CT molecular complexity index is 1310. The van der Waals surface area contributed by atoms with E-state index in [-0.39, 0.29) is 16.7 Å². The van der Waals surface area contributed by atoms with Crippen molar-refractivity contribution in [2.75, 3.05) is 12.3 Å². The van der Waals surface area contributed by atoms with Gasteiger partial charge in [0, 0.05) is 12.6 Å². The van der Waals surface area contributed by atoms with E-state index in [1.54, 1.807) is 24.3 Å². The molecule has 190 valence electrons. The molecule has 2 unspecified atom stereocenters. The Balaban J connectivity index is 1.62. The molecule has 0 amide bonds. The highest BCUT2D eigenvalue weighted by Gasteiger charge is 2.49. The summed E-state index contributed by atoms with van der Waals surface area (Å²) in [5.41, 5.74) is 3.59. The van der Waals surface area contributed by atoms with Crippen molar-refractivity contribution in [3.63, 3.8) is 0 Å². The Morgan fingerprint density at radius 3 is 1.70 bits per heavy atom. The number of likely N-dealkylation sites (tertiary alicyclic amines) is 1. The second-order valence-corrected chi connectivity index (χ2v) is 11.9. The van der Waals surface area contributed by atoms with Crippen molar-refractivity contribution in [2.24, 2.45) is 0 Å². The maximum atomic E-state index is 13.3. The van der Waals surface area contributed by atoms with E-state index in [1.807, 2.05) is 61.5 Å². The number of hydrogen-bond acceptors (Lipinski definition) is 4. The Hall–Kier alpha value is -3.25. The van der Waals surface area contributed by atoms with Crippen LogP contribution in [0.25, 0.3) is 0 Å². The fraction of sp³-hybridized carbons (Fsp3) is 0.250. The van der Waals surface area contributed by atoms with Crippen molar-refractivity contribution in [1.82, 2.24) is 4.90 Å². The minimum Gasteiger partial charge on any atom is -0.390 e. The number of sulfone groups is 1. The lowest BCUT2D eigenvalue weighted by Gasteiger charge is -2.47. The van der Waals surface area contributed by atoms with E-state index in [0.29, 0.717) is 0 Å². The molecular formula is C32H33NO3S. The molecule has 0 saturated carbocycles. The van der Waals surface area contributed by atoms with Gasteiger partial charge in [0.25, 0.3) is 0 Å². The van der Waals surface area contributed by atoms with E-state index < -0.39 is 21.5 Å². The van der Waals surface area contributed by atoms with Crippen LogP contribution in [0.5, 0.6) is 0 Å². The molecule has 1 N–H and O–H groups in total. The molecule has 0 bridgehead atoms. The topological polar surface area (TPSA) is 57.6 Å². The minimum atomic E-state index is -3.65. The van der Waals surface area contributed by atoms with Gasteiger partial charge in [0.05, 0.1) is 22.3 Å². The van der Waals surface area contributed by atoms with E-state index in [1.165, 1.54) is 0 Å². The molecule has 1 heterocycles. The van der Waals surface area contributed by atoms with Crippen LogP contribution in [-0.2, 0) is 15.4 Å². The third-order valence-electron chi connectivity index (χ3n) is 7.52. The molecule has 5 rings (SSSR count). The molecule has 1 aliphatic heterocycles. The Morgan fingerprint density at radius 1 is 0.784 bits per heavy atom. The third-order valence-corrected chi connectivity index (χ3v) is 9.29. The zero-order valence-corrected chi connectivity index (χ0v) is 21.9. The van der Waals surface area contributed by atoms with Crippen molar-refractivity contribution in [1.29, 1.82) is 0 Å². The summed E-state index contributed by atoms with van der Waals surface area (Å²) in [7, 11) is -3.65. The first-order chi connectivity index (χ1) is 17.9. The number of aliphatic hydroxyl groups excluding tert-OH is 1. The van der Waals surface area contributed by atoms with Gasteiger partial charge in [-0.15, -0.1) is 0 Å². The summed E-state index contributed by atoms with van der Waals surface area (Å²) in [5.74, 6) is -0.314. The fourth-order valence-electron chi connectivity index (χ4n) is 5.82. The molecule has 4 aromatic carbocycles. The van der Waals surface area contributed by atoms with Crippen LogP contribution in [0.2, 0.25) is 0 Å². The van der Waals surface area contributed by atoms with Gasteiger partial charge in [-0.3, -0.25) is 4.90 Å². The molecule has 1 saturated heterocycles. The lowest BCUT2D eigenvalue weighted by Crippen LogP contribution is -2.54. The van der Waals surface area contributed by atoms with Crippen LogP contribution < -0.4 is 0 Å². The van der Waals surface area contributed by atoms with Gasteiger partial charge in [-0.1, -0.05) is 109 Å². The quantitative estimate of drug-likeness (QED) is 0.314. The second-order valence-electron chi connectivity index (χ2n) is 9.87. The van der Waals surface area contributed by atoms with E-state index in [2.05, 4.69) is 41.3 Å². The van der Waals surface area contributed by atoms with Crippen molar-refractivity contribution < 1.29 is 13.5 Å². The van der Waals surface area contributed by atoms with E-state index in [4.69, 9.17) is 0 Å². The van der Waals surface area contributed by atoms with Crippen molar-refractivity contribution in [2.45, 2.75) is 42.3 Å². The van der Waals surface area contributed by atoms with Crippen LogP contribution >= 0.6 is 0 Å². The molecule has 0 radical (unpaired) electrons. The second kappa shape index (κ2) is 10.6. The normalized spacial score (nSPS) is 17.5. The molecular weight excluding hydrogens is 478 g/mol. The summed E-state index contributed by atoms with van der Waals surface area (Å²) < 4.78 is 26.6. The van der Waals surface area contributed by atoms with Crippen LogP contribution in [0.4, 0.5) is 0 Å². The molecule has 4 nitrogen and oxygen atoms in total. The first-order valence-electron chi connectivity index (χ1n) is 12.8. The first-order valence-corrected chi connectivity index (χ1v) is 14.5. The number of hydrogen-bond donors (Lipinski definition) is 1. The maximum Gasteiger partial charge on any atom is 0.180 e. The molecule has 4 aromatic rings. The minimum absolute atomic E-state index is 0.252. The molecule has 5 heteroatoms. The molecule has 2 atom stereocenters. The van der Waals surface area contributed by atoms with Crippen LogP contribution in [-0.4, -0.2) is 42.9 Å². The largest absolute Gasteiger partial charge is 0.390 e. The standard InChI is InChI=1S/C32H33NO3S/c1-25-19-21-29(22-20-25)37(35,36)24-31(34)30-18-11-23-33(30)32(26-12-5-2-6-13-26,27-14-7-3-8-15-27)28-16-9-4-10-17-28/h2-10,12-17,19-22,30-31,34H,11,18,23-24H2,1H3. The summed E-state index contributed by atoms with van der Waals surface area (Å²) in [6, 6.07) is 37.6. The van der Waals surface area contributed by atoms with Gasteiger partial charge in [0.15, 0.2) is 9.84 Å². The monoisotopic (exact) mass is 511 g/mol. The lowest BCUT2D eigenvalue weighted by atomic mass is 9.75. The van der Waals surface area contributed by atoms with Crippen molar-refractivity contribution in [3.8, 4) is 0 Å². The highest BCUT2D eigenvalue weighted by atomic mass is 32.2. The van der Waals surface area contributed by atoms with Crippen molar-refractivity contribution in [3.05, 3.63) is 138 Å². The Morgan fingerprint density at radius 2 is 1.24 bits per heavy atom. The van der Waals surface area contributed by atoms with Gasteiger partial charge in [0.2, 0.25) is 0 Å². The predicted octanol–water partition coefficient (Wildman–Crippen LogP) is 5.59. The summed E-state index contributed by atoms with van der Waals surface area (Å²) >= 11 is 0. The zero-order valence-electron chi connectivity index (χ0n) is 21.1. The van der Waals surface area contributed by atoms with Crippen LogP contribution in [0, 0.1) is 6.92 Å². The predicted molar refractivity (Wildman–Crippen MR) is 148 cm³/mol. The van der Waals surface area contributed by atoms with Crippen LogP contribution in [0.3, 0.4) is 0 Å². The highest BCUT2D eigenvalue weighted by molar-refractivity contribution is 7.91. The zero-order chi connectivity index (χ0) is 25.9. The van der Waals surface area contributed by atoms with Gasteiger partial charge in [0.1, 0.15) is 0 Å². The molecule has 1 fully saturated rings. The number of aryl methyl sites for hydroxylation is 1. The van der Waals surface area contributed by atoms with Gasteiger partial charge < -0.3 is 5.11 Å². The van der Waals surface area contributed by atoms with Gasteiger partial charge >= 0.3 is 0 Å². The summed E-state index contributed by atoms with van der Waals surface area (Å²) in [6.07, 6.45) is 0.559. The third kappa shape index (κ3) is 4.87. The molecule has 0 spiro atoms. The smallest absolute Gasteiger partial charge is 0.180 e. The summed E-state index contributed by atoms with van der Waals surface area (Å²) in [5, 5.41) is 11.6. The number of aliphatic hydroxyl groups is 1. The van der Waals surface area contributed by atoms with Crippen LogP contribution in [0.15, 0.2) is 120 Å². The van der Waals surface area contributed by atoms with Gasteiger partial charge in [-0.25, -0.2) is 8.42 Å². The summed E-state index contributed by atoms with van der Waals surface area (Å²) in [4.78, 5) is 2.59. The lowest BCUT2D eigenvalue weighted by molar-refractivity contribution is 0.0451. The van der Waals surface area contributed by atoms with E-state index >= 15 is 0 Å². The van der Waals surface area contributed by atoms with E-state index in [9.17, 15) is 13.5 Å².